The number of aliphatic hydroxyl groups is 1. The number of nitrogens with zero attached hydrogens (tertiary/aromatic N) is 4. The predicted molar refractivity (Wildman–Crippen MR) is 241 cm³/mol. The minimum Gasteiger partial charge on any atom is -0.453 e. The number of methoxy groups -OCH3 is 2. The van der Waals surface area contributed by atoms with Gasteiger partial charge in [0.15, 0.2) is 0 Å². The molecule has 1 unspecified atom stereocenters. The first-order valence-corrected chi connectivity index (χ1v) is 22.4. The van der Waals surface area contributed by atoms with Crippen LogP contribution in [-0.2, 0) is 25.6 Å². The number of imidazole rings is 2. The van der Waals surface area contributed by atoms with Crippen molar-refractivity contribution in [2.45, 2.75) is 77.0 Å². The summed E-state index contributed by atoms with van der Waals surface area (Å²) in [4.78, 5) is 59.7. The number of nitrogens with one attached hydrogen (secondary N) is 4. The van der Waals surface area contributed by atoms with Crippen LogP contribution in [-0.4, -0.2) is 110 Å². The number of likely N-dealkylation sites (tertiary alicyclic amines) is 1. The van der Waals surface area contributed by atoms with E-state index in [1.54, 1.807) is 11.1 Å². The minimum atomic E-state index is -1.28. The van der Waals surface area contributed by atoms with Gasteiger partial charge in [-0.2, -0.15) is 11.8 Å². The molecule has 62 heavy (non-hydrogen) atoms. The largest absolute Gasteiger partial charge is 0.453 e. The summed E-state index contributed by atoms with van der Waals surface area (Å²) in [5.41, 5.74) is 5.81. The molecule has 0 bridgehead atoms. The molecule has 4 heterocycles. The molecule has 4 atom stereocenters. The molecule has 2 aliphatic rings. The number of benzene rings is 3. The summed E-state index contributed by atoms with van der Waals surface area (Å²) in [7, 11) is 2.69. The Balaban J connectivity index is 1.01. The van der Waals surface area contributed by atoms with Crippen LogP contribution >= 0.6 is 11.8 Å². The van der Waals surface area contributed by atoms with Crippen molar-refractivity contribution in [2.24, 2.45) is 11.8 Å². The maximum atomic E-state index is 14.0. The third-order valence-corrected chi connectivity index (χ3v) is 12.9. The van der Waals surface area contributed by atoms with Gasteiger partial charge in [-0.15, -0.1) is 12.3 Å². The van der Waals surface area contributed by atoms with Gasteiger partial charge in [-0.1, -0.05) is 62.4 Å². The highest BCUT2D eigenvalue weighted by Crippen LogP contribution is 2.35. The number of aliphatic hydroxyl groups excluding tert-OH is 1. The SMILES string of the molecule is C#CCCN(Cc1ncc(-c2ccc3cc(-c4ccc(-c5cnc([C@@H]6CCCN6C(=O)[C@@H](NC(=O)OC)C6CCSCC6)[nH]5)cc4)ccc3c2)[nH]1)C(=O)[C@@H](NC(O)OC)C(C)C. The molecule has 14 nitrogen and oxygen atoms in total. The van der Waals surface area contributed by atoms with Crippen LogP contribution in [0.5, 0.6) is 0 Å². The lowest BCUT2D eigenvalue weighted by Crippen LogP contribution is -2.53. The second-order valence-corrected chi connectivity index (χ2v) is 17.4. The molecule has 5 aromatic rings. The van der Waals surface area contributed by atoms with Crippen molar-refractivity contribution < 1.29 is 29.0 Å². The van der Waals surface area contributed by atoms with Crippen molar-refractivity contribution in [3.05, 3.63) is 84.7 Å². The molecule has 2 aromatic heterocycles. The fraction of sp³-hybridized carbons (Fsp3) is 0.426. The van der Waals surface area contributed by atoms with Crippen molar-refractivity contribution >= 4 is 40.4 Å². The van der Waals surface area contributed by atoms with Gasteiger partial charge in [0.1, 0.15) is 17.7 Å². The van der Waals surface area contributed by atoms with Gasteiger partial charge >= 0.3 is 6.09 Å². The summed E-state index contributed by atoms with van der Waals surface area (Å²) in [6.45, 7) is 4.98. The molecule has 2 saturated heterocycles. The number of terminal acetylenes is 1. The van der Waals surface area contributed by atoms with Crippen molar-refractivity contribution in [3.63, 3.8) is 0 Å². The summed E-state index contributed by atoms with van der Waals surface area (Å²) >= 11 is 1.88. The Morgan fingerprint density at radius 3 is 2.29 bits per heavy atom. The highest BCUT2D eigenvalue weighted by molar-refractivity contribution is 7.99. The van der Waals surface area contributed by atoms with Gasteiger partial charge in [-0.3, -0.25) is 14.9 Å². The van der Waals surface area contributed by atoms with Gasteiger partial charge in [-0.25, -0.2) is 14.8 Å². The van der Waals surface area contributed by atoms with Gasteiger partial charge in [0.2, 0.25) is 18.2 Å². The Bertz CT molecular complexity index is 2370. The van der Waals surface area contributed by atoms with Gasteiger partial charge in [0.25, 0.3) is 0 Å². The van der Waals surface area contributed by atoms with Gasteiger partial charge in [-0.05, 0) is 88.6 Å². The van der Waals surface area contributed by atoms with E-state index in [-0.39, 0.29) is 36.2 Å². The number of amides is 3. The number of thioether (sulfide) groups is 1. The van der Waals surface area contributed by atoms with Crippen LogP contribution in [0.4, 0.5) is 4.79 Å². The zero-order chi connectivity index (χ0) is 43.8. The molecular formula is C47H56N8O6S. The number of hydrogen-bond donors (Lipinski definition) is 5. The Morgan fingerprint density at radius 2 is 1.60 bits per heavy atom. The number of fused-ring (bicyclic) bond motifs is 1. The zero-order valence-corrected chi connectivity index (χ0v) is 36.5. The Labute approximate surface area is 367 Å². The smallest absolute Gasteiger partial charge is 0.407 e. The molecule has 3 amide bonds. The molecule has 0 saturated carbocycles. The van der Waals surface area contributed by atoms with Crippen LogP contribution in [0, 0.1) is 24.2 Å². The van der Waals surface area contributed by atoms with Crippen LogP contribution in [0.3, 0.4) is 0 Å². The summed E-state index contributed by atoms with van der Waals surface area (Å²) in [5.74, 6) is 5.62. The van der Waals surface area contributed by atoms with E-state index in [1.165, 1.54) is 14.2 Å². The molecule has 0 aliphatic carbocycles. The normalized spacial score (nSPS) is 17.1. The molecule has 15 heteroatoms. The summed E-state index contributed by atoms with van der Waals surface area (Å²) < 4.78 is 9.84. The number of aromatic amines is 2. The highest BCUT2D eigenvalue weighted by Gasteiger charge is 2.40. The van der Waals surface area contributed by atoms with E-state index in [0.717, 1.165) is 87.4 Å². The van der Waals surface area contributed by atoms with E-state index in [0.29, 0.717) is 25.3 Å². The van der Waals surface area contributed by atoms with Crippen LogP contribution in [0.1, 0.15) is 63.6 Å². The Kier molecular flexibility index (Phi) is 14.7. The molecule has 3 aromatic carbocycles. The van der Waals surface area contributed by atoms with E-state index in [1.807, 2.05) is 36.7 Å². The number of alkyl carbamates (subject to hydrolysis) is 1. The minimum absolute atomic E-state index is 0.0706. The standard InChI is InChI=1S/C47H56N8O6S/c1-6-7-20-54(44(56)41(29(2)3)52-46(58)60-4)28-40-48-26-38(50-40)36-17-16-34-24-33(14-15-35(34)25-36)30-10-12-31(13-11-30)37-27-49-43(51-37)39-9-8-21-55(39)45(57)42(53-47(59)61-5)32-18-22-62-23-19-32/h1,10-17,24-27,29,32,39,41-42,46,52,58H,7-9,18-23,28H2,2-5H3,(H,48,50)(H,49,51)(H,53,59)/t39-,41-,42-,46?/m0/s1. The lowest BCUT2D eigenvalue weighted by atomic mass is 9.92. The Morgan fingerprint density at radius 1 is 0.935 bits per heavy atom. The van der Waals surface area contributed by atoms with E-state index >= 15 is 0 Å². The molecule has 7 rings (SSSR count). The third-order valence-electron chi connectivity index (χ3n) is 11.9. The predicted octanol–water partition coefficient (Wildman–Crippen LogP) is 6.71. The van der Waals surface area contributed by atoms with Crippen molar-refractivity contribution in [3.8, 4) is 46.0 Å². The summed E-state index contributed by atoms with van der Waals surface area (Å²) in [6.07, 6.45) is 11.1. The average Bonchev–Trinajstić information content (AvgIpc) is 4.10. The molecule has 2 fully saturated rings. The third kappa shape index (κ3) is 10.3. The van der Waals surface area contributed by atoms with E-state index in [2.05, 4.69) is 92.2 Å². The highest BCUT2D eigenvalue weighted by atomic mass is 32.2. The second kappa shape index (κ2) is 20.5. The quantitative estimate of drug-likeness (QED) is 0.0530. The van der Waals surface area contributed by atoms with Crippen LogP contribution in [0.2, 0.25) is 0 Å². The number of H-pyrrole nitrogens is 2. The molecule has 2 aliphatic heterocycles. The van der Waals surface area contributed by atoms with Crippen LogP contribution in [0.15, 0.2) is 73.1 Å². The van der Waals surface area contributed by atoms with Crippen LogP contribution < -0.4 is 10.6 Å². The monoisotopic (exact) mass is 860 g/mol. The number of rotatable bonds is 16. The number of carbonyl (C=O) groups excluding carboxylic acids is 3. The van der Waals surface area contributed by atoms with E-state index in [4.69, 9.17) is 20.9 Å². The lowest BCUT2D eigenvalue weighted by molar-refractivity contribution is -0.144. The number of ether oxygens (including phenoxy) is 2. The summed E-state index contributed by atoms with van der Waals surface area (Å²) in [6, 6.07) is 19.5. The maximum Gasteiger partial charge on any atom is 0.407 e. The van der Waals surface area contributed by atoms with E-state index in [9.17, 15) is 19.5 Å². The topological polar surface area (TPSA) is 178 Å². The molecule has 0 radical (unpaired) electrons. The lowest BCUT2D eigenvalue weighted by Gasteiger charge is -2.34. The Hall–Kier alpha value is -5.66. The fourth-order valence-corrected chi connectivity index (χ4v) is 9.54. The molecule has 0 spiro atoms. The average molecular weight is 861 g/mol. The molecular weight excluding hydrogens is 805 g/mol. The summed E-state index contributed by atoms with van der Waals surface area (Å²) in [5, 5.41) is 17.9. The van der Waals surface area contributed by atoms with Crippen molar-refractivity contribution in [1.82, 2.24) is 40.4 Å². The first kappa shape index (κ1) is 44.4. The van der Waals surface area contributed by atoms with Gasteiger partial charge < -0.3 is 39.7 Å². The molecule has 5 N–H and O–H groups in total. The second-order valence-electron chi connectivity index (χ2n) is 16.2. The first-order valence-electron chi connectivity index (χ1n) is 21.2. The number of aromatic nitrogens is 4. The van der Waals surface area contributed by atoms with Crippen molar-refractivity contribution in [2.75, 3.05) is 38.8 Å². The van der Waals surface area contributed by atoms with Crippen molar-refractivity contribution in [1.29, 1.82) is 0 Å². The number of carbonyl (C=O) groups is 3. The number of hydrogen-bond acceptors (Lipinski definition) is 10. The van der Waals surface area contributed by atoms with E-state index < -0.39 is 24.6 Å². The van der Waals surface area contributed by atoms with Gasteiger partial charge in [0, 0.05) is 32.2 Å². The van der Waals surface area contributed by atoms with Gasteiger partial charge in [0.05, 0.1) is 49.5 Å². The maximum absolute atomic E-state index is 14.0. The zero-order valence-electron chi connectivity index (χ0n) is 35.7. The van der Waals surface area contributed by atoms with Crippen LogP contribution in [0.25, 0.3) is 44.4 Å². The molecule has 326 valence electrons. The first-order chi connectivity index (χ1) is 30.1. The fourth-order valence-electron chi connectivity index (χ4n) is 8.40.